The molecular formula is C10H13FN2O3S. The van der Waals surface area contributed by atoms with Gasteiger partial charge in [-0.3, -0.25) is 4.31 Å². The zero-order chi connectivity index (χ0) is 12.5. The van der Waals surface area contributed by atoms with E-state index in [1.54, 1.807) is 6.07 Å². The summed E-state index contributed by atoms with van der Waals surface area (Å²) in [5.41, 5.74) is 0.311. The zero-order valence-electron chi connectivity index (χ0n) is 9.08. The number of nitrogens with zero attached hydrogens (tertiary/aromatic N) is 2. The average Bonchev–Trinajstić information content (AvgIpc) is 2.55. The van der Waals surface area contributed by atoms with E-state index in [1.165, 1.54) is 22.5 Å². The third-order valence-electron chi connectivity index (χ3n) is 2.60. The third kappa shape index (κ3) is 2.26. The van der Waals surface area contributed by atoms with Crippen LogP contribution < -0.4 is 4.31 Å². The van der Waals surface area contributed by atoms with Crippen molar-refractivity contribution < 1.29 is 17.9 Å². The van der Waals surface area contributed by atoms with Gasteiger partial charge >= 0.3 is 10.2 Å². The molecule has 1 N–H and O–H groups in total. The first kappa shape index (κ1) is 12.3. The Morgan fingerprint density at radius 1 is 1.35 bits per heavy atom. The summed E-state index contributed by atoms with van der Waals surface area (Å²) in [5, 5.41) is 8.78. The van der Waals surface area contributed by atoms with E-state index >= 15 is 0 Å². The monoisotopic (exact) mass is 260 g/mol. The van der Waals surface area contributed by atoms with Crippen LogP contribution in [0, 0.1) is 5.82 Å². The van der Waals surface area contributed by atoms with E-state index in [1.807, 2.05) is 0 Å². The molecule has 1 aliphatic heterocycles. The molecule has 1 aromatic rings. The lowest BCUT2D eigenvalue weighted by Gasteiger charge is -2.19. The number of rotatable bonds is 3. The molecule has 0 spiro atoms. The quantitative estimate of drug-likeness (QED) is 0.843. The van der Waals surface area contributed by atoms with Crippen LogP contribution in [-0.4, -0.2) is 44.1 Å². The lowest BCUT2D eigenvalue weighted by Crippen LogP contribution is -2.34. The first-order chi connectivity index (χ1) is 8.05. The van der Waals surface area contributed by atoms with Crippen LogP contribution in [0.3, 0.4) is 0 Å². The second-order valence-electron chi connectivity index (χ2n) is 3.68. The molecule has 7 heteroatoms. The Labute approximate surface area is 99.3 Å². The van der Waals surface area contributed by atoms with Gasteiger partial charge in [0.2, 0.25) is 0 Å². The third-order valence-corrected chi connectivity index (χ3v) is 4.57. The van der Waals surface area contributed by atoms with E-state index in [9.17, 15) is 12.8 Å². The van der Waals surface area contributed by atoms with Gasteiger partial charge in [-0.1, -0.05) is 6.07 Å². The minimum absolute atomic E-state index is 0.0636. The van der Waals surface area contributed by atoms with Crippen LogP contribution in [0.15, 0.2) is 24.3 Å². The molecule has 0 atom stereocenters. The topological polar surface area (TPSA) is 60.9 Å². The highest BCUT2D eigenvalue weighted by atomic mass is 32.2. The van der Waals surface area contributed by atoms with Crippen molar-refractivity contribution in [2.24, 2.45) is 0 Å². The molecule has 0 amide bonds. The van der Waals surface area contributed by atoms with Gasteiger partial charge in [0, 0.05) is 19.6 Å². The van der Waals surface area contributed by atoms with Crippen LogP contribution in [0.1, 0.15) is 0 Å². The van der Waals surface area contributed by atoms with E-state index in [-0.39, 0.29) is 19.7 Å². The van der Waals surface area contributed by atoms with Gasteiger partial charge in [-0.25, -0.2) is 4.39 Å². The molecule has 0 saturated carbocycles. The van der Waals surface area contributed by atoms with E-state index in [4.69, 9.17) is 5.11 Å². The van der Waals surface area contributed by atoms with Gasteiger partial charge in [-0.15, -0.1) is 0 Å². The first-order valence-electron chi connectivity index (χ1n) is 5.20. The fourth-order valence-corrected chi connectivity index (χ4v) is 3.40. The lowest BCUT2D eigenvalue weighted by molar-refractivity contribution is 0.260. The molecule has 1 aromatic carbocycles. The van der Waals surface area contributed by atoms with E-state index in [0.717, 1.165) is 4.31 Å². The summed E-state index contributed by atoms with van der Waals surface area (Å²) >= 11 is 0. The fourth-order valence-electron chi connectivity index (χ4n) is 1.80. The summed E-state index contributed by atoms with van der Waals surface area (Å²) in [4.78, 5) is 0. The summed E-state index contributed by atoms with van der Waals surface area (Å²) in [6.45, 7) is 0.412. The maximum Gasteiger partial charge on any atom is 0.304 e. The van der Waals surface area contributed by atoms with Crippen molar-refractivity contribution >= 4 is 15.9 Å². The predicted octanol–water partition coefficient (Wildman–Crippen LogP) is 0.185. The predicted molar refractivity (Wildman–Crippen MR) is 61.3 cm³/mol. The molecule has 0 aliphatic carbocycles. The fraction of sp³-hybridized carbons (Fsp3) is 0.400. The summed E-state index contributed by atoms with van der Waals surface area (Å²) in [6, 6.07) is 5.45. The molecule has 1 aliphatic rings. The number of anilines is 1. The van der Waals surface area contributed by atoms with Gasteiger partial charge < -0.3 is 5.11 Å². The van der Waals surface area contributed by atoms with E-state index in [2.05, 4.69) is 0 Å². The van der Waals surface area contributed by atoms with Crippen LogP contribution in [-0.2, 0) is 10.2 Å². The number of aliphatic hydroxyl groups excluding tert-OH is 1. The van der Waals surface area contributed by atoms with Gasteiger partial charge in [0.25, 0.3) is 0 Å². The molecule has 94 valence electrons. The highest BCUT2D eigenvalue weighted by Gasteiger charge is 2.36. The Bertz CT molecular complexity index is 506. The number of hydrogen-bond acceptors (Lipinski definition) is 3. The van der Waals surface area contributed by atoms with Crippen molar-refractivity contribution in [3.63, 3.8) is 0 Å². The largest absolute Gasteiger partial charge is 0.395 e. The number of β-amino-alcohol motifs (C(OH)–C–C–N with tert-alkyl or cyclic N) is 1. The molecule has 17 heavy (non-hydrogen) atoms. The Morgan fingerprint density at radius 3 is 2.76 bits per heavy atom. The maximum absolute atomic E-state index is 13.0. The van der Waals surface area contributed by atoms with Gasteiger partial charge in [0.1, 0.15) is 5.82 Å². The van der Waals surface area contributed by atoms with Crippen molar-refractivity contribution in [1.82, 2.24) is 4.31 Å². The van der Waals surface area contributed by atoms with Gasteiger partial charge in [-0.2, -0.15) is 12.7 Å². The number of hydrogen-bond donors (Lipinski definition) is 1. The second-order valence-corrected chi connectivity index (χ2v) is 5.54. The SMILES string of the molecule is O=S1(=O)N(CCO)CCN1c1cccc(F)c1. The van der Waals surface area contributed by atoms with E-state index in [0.29, 0.717) is 12.2 Å². The van der Waals surface area contributed by atoms with Crippen LogP contribution in [0.25, 0.3) is 0 Å². The van der Waals surface area contributed by atoms with Gasteiger partial charge in [-0.05, 0) is 18.2 Å². The van der Waals surface area contributed by atoms with Crippen LogP contribution in [0.2, 0.25) is 0 Å². The van der Waals surface area contributed by atoms with Crippen molar-refractivity contribution in [2.45, 2.75) is 0 Å². The summed E-state index contributed by atoms with van der Waals surface area (Å²) in [5.74, 6) is -0.474. The van der Waals surface area contributed by atoms with Crippen molar-refractivity contribution in [2.75, 3.05) is 30.5 Å². The molecule has 2 rings (SSSR count). The van der Waals surface area contributed by atoms with Crippen molar-refractivity contribution in [1.29, 1.82) is 0 Å². The Morgan fingerprint density at radius 2 is 2.12 bits per heavy atom. The van der Waals surface area contributed by atoms with Crippen molar-refractivity contribution in [3.05, 3.63) is 30.1 Å². The smallest absolute Gasteiger partial charge is 0.304 e. The normalized spacial score (nSPS) is 19.8. The Kier molecular flexibility index (Phi) is 3.32. The molecule has 1 heterocycles. The second kappa shape index (κ2) is 4.59. The maximum atomic E-state index is 13.0. The molecule has 0 radical (unpaired) electrons. The first-order valence-corrected chi connectivity index (χ1v) is 6.59. The molecule has 0 aromatic heterocycles. The highest BCUT2D eigenvalue weighted by Crippen LogP contribution is 2.25. The summed E-state index contributed by atoms with van der Waals surface area (Å²) in [6.07, 6.45) is 0. The number of benzene rings is 1. The van der Waals surface area contributed by atoms with Crippen LogP contribution in [0.5, 0.6) is 0 Å². The molecule has 0 unspecified atom stereocenters. The van der Waals surface area contributed by atoms with E-state index < -0.39 is 16.0 Å². The lowest BCUT2D eigenvalue weighted by atomic mass is 10.3. The van der Waals surface area contributed by atoms with Crippen LogP contribution >= 0.6 is 0 Å². The number of halogens is 1. The summed E-state index contributed by atoms with van der Waals surface area (Å²) in [7, 11) is -3.62. The molecular weight excluding hydrogens is 247 g/mol. The zero-order valence-corrected chi connectivity index (χ0v) is 9.90. The highest BCUT2D eigenvalue weighted by molar-refractivity contribution is 7.90. The minimum Gasteiger partial charge on any atom is -0.395 e. The Hall–Kier alpha value is -1.18. The number of aliphatic hydroxyl groups is 1. The average molecular weight is 260 g/mol. The van der Waals surface area contributed by atoms with Crippen molar-refractivity contribution in [3.8, 4) is 0 Å². The van der Waals surface area contributed by atoms with Gasteiger partial charge in [0.15, 0.2) is 0 Å². The summed E-state index contributed by atoms with van der Waals surface area (Å²) < 4.78 is 39.4. The minimum atomic E-state index is -3.62. The standard InChI is InChI=1S/C10H13FN2O3S/c11-9-2-1-3-10(8-9)13-5-4-12(6-7-14)17(13,15)16/h1-3,8,14H,4-7H2. The van der Waals surface area contributed by atoms with Gasteiger partial charge in [0.05, 0.1) is 12.3 Å². The molecule has 5 nitrogen and oxygen atoms in total. The molecule has 0 bridgehead atoms. The molecule has 1 saturated heterocycles. The molecule has 1 fully saturated rings. The Balaban J connectivity index is 2.30. The van der Waals surface area contributed by atoms with Crippen LogP contribution in [0.4, 0.5) is 10.1 Å².